The molecule has 0 amide bonds. The van der Waals surface area contributed by atoms with Crippen molar-refractivity contribution in [3.63, 3.8) is 0 Å². The van der Waals surface area contributed by atoms with E-state index in [4.69, 9.17) is 9.84 Å². The number of rotatable bonds is 9. The fourth-order valence-electron chi connectivity index (χ4n) is 3.46. The van der Waals surface area contributed by atoms with Crippen molar-refractivity contribution in [2.24, 2.45) is 0 Å². The van der Waals surface area contributed by atoms with E-state index in [9.17, 15) is 18.0 Å². The lowest BCUT2D eigenvalue weighted by Crippen LogP contribution is -2.27. The fourth-order valence-corrected chi connectivity index (χ4v) is 5.33. The minimum Gasteiger partial charge on any atom is -0.394 e. The van der Waals surface area contributed by atoms with Crippen molar-refractivity contribution < 1.29 is 27.9 Å². The van der Waals surface area contributed by atoms with Crippen LogP contribution in [0.5, 0.6) is 0 Å². The molecule has 7 nitrogen and oxygen atoms in total. The Morgan fingerprint density at radius 1 is 0.788 bits per heavy atom. The molecule has 1 aliphatic rings. The molecule has 4 rings (SSSR count). The summed E-state index contributed by atoms with van der Waals surface area (Å²) >= 11 is 1.37. The molecule has 0 spiro atoms. The van der Waals surface area contributed by atoms with Gasteiger partial charge in [-0.2, -0.15) is 0 Å². The number of carbonyl (C=O) groups excluding carboxylic acids is 2. The second kappa shape index (κ2) is 9.98. The molecule has 9 heteroatoms. The van der Waals surface area contributed by atoms with Crippen molar-refractivity contribution in [2.75, 3.05) is 26.4 Å². The van der Waals surface area contributed by atoms with Gasteiger partial charge in [0, 0.05) is 38.6 Å². The van der Waals surface area contributed by atoms with Crippen LogP contribution in [0.4, 0.5) is 0 Å². The van der Waals surface area contributed by atoms with Gasteiger partial charge in [0.1, 0.15) is 0 Å². The fraction of sp³-hybridized carbons (Fsp3) is 0.167. The van der Waals surface area contributed by atoms with Gasteiger partial charge in [-0.15, -0.1) is 0 Å². The average molecular weight is 484 g/mol. The van der Waals surface area contributed by atoms with E-state index in [0.29, 0.717) is 22.3 Å². The summed E-state index contributed by atoms with van der Waals surface area (Å²) in [7, 11) is -3.67. The lowest BCUT2D eigenvalue weighted by molar-refractivity contribution is 0.0961. The number of nitrogens with one attached hydrogen (secondary N) is 1. The summed E-state index contributed by atoms with van der Waals surface area (Å²) < 4.78 is 32.2. The number of benzene rings is 3. The third-order valence-electron chi connectivity index (χ3n) is 5.04. The molecule has 3 aromatic rings. The molecule has 3 aromatic carbocycles. The smallest absolute Gasteiger partial charge is 0.240 e. The molecule has 0 atom stereocenters. The third-order valence-corrected chi connectivity index (χ3v) is 7.51. The zero-order chi connectivity index (χ0) is 23.4. The second-order valence-corrected chi connectivity index (χ2v) is 10.1. The van der Waals surface area contributed by atoms with Crippen molar-refractivity contribution in [3.8, 4) is 0 Å². The summed E-state index contributed by atoms with van der Waals surface area (Å²) in [5.74, 6) is -0.348. The van der Waals surface area contributed by atoms with Gasteiger partial charge in [0.25, 0.3) is 0 Å². The number of aliphatic hydroxyl groups excluding tert-OH is 1. The zero-order valence-corrected chi connectivity index (χ0v) is 19.1. The van der Waals surface area contributed by atoms with Crippen molar-refractivity contribution in [1.82, 2.24) is 4.72 Å². The lowest BCUT2D eigenvalue weighted by Gasteiger charge is -2.18. The van der Waals surface area contributed by atoms with Gasteiger partial charge in [-0.1, -0.05) is 36.0 Å². The van der Waals surface area contributed by atoms with Gasteiger partial charge in [-0.05, 0) is 42.5 Å². The largest absolute Gasteiger partial charge is 0.394 e. The number of hydrogen-bond donors (Lipinski definition) is 2. The number of sulfonamides is 1. The highest BCUT2D eigenvalue weighted by atomic mass is 32.2. The summed E-state index contributed by atoms with van der Waals surface area (Å²) in [6.45, 7) is 0.304. The first-order valence-corrected chi connectivity index (χ1v) is 12.5. The van der Waals surface area contributed by atoms with Gasteiger partial charge >= 0.3 is 0 Å². The first-order chi connectivity index (χ1) is 15.9. The molecule has 1 aliphatic carbocycles. The van der Waals surface area contributed by atoms with Crippen molar-refractivity contribution in [2.45, 2.75) is 14.7 Å². The van der Waals surface area contributed by atoms with Gasteiger partial charge in [-0.25, -0.2) is 13.1 Å². The molecule has 0 bridgehead atoms. The Labute approximate surface area is 195 Å². The second-order valence-electron chi connectivity index (χ2n) is 7.22. The van der Waals surface area contributed by atoms with E-state index in [-0.39, 0.29) is 42.8 Å². The van der Waals surface area contributed by atoms with Crippen molar-refractivity contribution in [3.05, 3.63) is 89.0 Å². The van der Waals surface area contributed by atoms with E-state index in [1.165, 1.54) is 23.9 Å². The number of ether oxygens (including phenoxy) is 1. The predicted octanol–water partition coefficient (Wildman–Crippen LogP) is 2.90. The minimum absolute atomic E-state index is 0.101. The molecule has 33 heavy (non-hydrogen) atoms. The Bertz CT molecular complexity index is 1300. The summed E-state index contributed by atoms with van der Waals surface area (Å²) in [5, 5.41) is 8.66. The van der Waals surface area contributed by atoms with Crippen LogP contribution in [0.1, 0.15) is 31.8 Å². The Morgan fingerprint density at radius 2 is 1.39 bits per heavy atom. The molecule has 0 heterocycles. The molecule has 2 N–H and O–H groups in total. The van der Waals surface area contributed by atoms with Gasteiger partial charge in [0.2, 0.25) is 10.0 Å². The molecule has 0 unspecified atom stereocenters. The van der Waals surface area contributed by atoms with Crippen LogP contribution in [0.15, 0.2) is 81.4 Å². The van der Waals surface area contributed by atoms with Crippen LogP contribution in [0, 0.1) is 0 Å². The summed E-state index contributed by atoms with van der Waals surface area (Å²) in [6.07, 6.45) is 0. The van der Waals surface area contributed by atoms with Crippen molar-refractivity contribution in [1.29, 1.82) is 0 Å². The van der Waals surface area contributed by atoms with Crippen molar-refractivity contribution >= 4 is 33.4 Å². The number of ketones is 2. The van der Waals surface area contributed by atoms with Crippen LogP contribution in [0.2, 0.25) is 0 Å². The number of carbonyl (C=O) groups is 2. The van der Waals surface area contributed by atoms with Crippen LogP contribution in [-0.4, -0.2) is 51.5 Å². The Balaban J connectivity index is 1.47. The van der Waals surface area contributed by atoms with Crippen LogP contribution < -0.4 is 4.72 Å². The highest BCUT2D eigenvalue weighted by Crippen LogP contribution is 2.33. The minimum atomic E-state index is -3.67. The van der Waals surface area contributed by atoms with Gasteiger partial charge in [-0.3, -0.25) is 9.59 Å². The Kier molecular flexibility index (Phi) is 7.06. The maximum Gasteiger partial charge on any atom is 0.240 e. The molecule has 0 radical (unpaired) electrons. The summed E-state index contributed by atoms with van der Waals surface area (Å²) in [4.78, 5) is 27.3. The topological polar surface area (TPSA) is 110 Å². The number of aliphatic hydroxyl groups is 1. The molecular weight excluding hydrogens is 462 g/mol. The van der Waals surface area contributed by atoms with Gasteiger partial charge in [0.05, 0.1) is 24.7 Å². The van der Waals surface area contributed by atoms with E-state index >= 15 is 0 Å². The highest BCUT2D eigenvalue weighted by molar-refractivity contribution is 7.99. The van der Waals surface area contributed by atoms with Gasteiger partial charge < -0.3 is 9.84 Å². The SMILES string of the molecule is O=C1c2ccccc2C(=O)c2cc(Sc3ccc(S(=O)(=O)NCCOCCO)cc3)ccc21. The molecule has 0 saturated carbocycles. The quantitative estimate of drug-likeness (QED) is 0.352. The lowest BCUT2D eigenvalue weighted by atomic mass is 9.84. The van der Waals surface area contributed by atoms with E-state index < -0.39 is 10.0 Å². The van der Waals surface area contributed by atoms with E-state index in [1.807, 2.05) is 0 Å². The Morgan fingerprint density at radius 3 is 2.06 bits per heavy atom. The maximum atomic E-state index is 12.9. The monoisotopic (exact) mass is 483 g/mol. The number of fused-ring (bicyclic) bond motifs is 2. The third kappa shape index (κ3) is 5.07. The first-order valence-electron chi connectivity index (χ1n) is 10.2. The Hall–Kier alpha value is -2.82. The normalized spacial score (nSPS) is 13.0. The van der Waals surface area contributed by atoms with E-state index in [0.717, 1.165) is 9.79 Å². The molecular formula is C24H21NO6S2. The van der Waals surface area contributed by atoms with Crippen LogP contribution >= 0.6 is 11.8 Å². The van der Waals surface area contributed by atoms with Crippen LogP contribution in [0.3, 0.4) is 0 Å². The first kappa shape index (κ1) is 23.3. The zero-order valence-electron chi connectivity index (χ0n) is 17.5. The molecule has 0 fully saturated rings. The van der Waals surface area contributed by atoms with Crippen LogP contribution in [0.25, 0.3) is 0 Å². The average Bonchev–Trinajstić information content (AvgIpc) is 2.83. The molecule has 170 valence electrons. The molecule has 0 aliphatic heterocycles. The van der Waals surface area contributed by atoms with E-state index in [1.54, 1.807) is 54.6 Å². The van der Waals surface area contributed by atoms with Crippen LogP contribution in [-0.2, 0) is 14.8 Å². The molecule has 0 saturated heterocycles. The molecule has 0 aromatic heterocycles. The maximum absolute atomic E-state index is 12.9. The summed E-state index contributed by atoms with van der Waals surface area (Å²) in [6, 6.07) is 18.3. The van der Waals surface area contributed by atoms with Gasteiger partial charge in [0.15, 0.2) is 11.6 Å². The predicted molar refractivity (Wildman–Crippen MR) is 123 cm³/mol. The highest BCUT2D eigenvalue weighted by Gasteiger charge is 2.29. The summed E-state index contributed by atoms with van der Waals surface area (Å²) in [5.41, 5.74) is 1.58. The number of hydrogen-bond acceptors (Lipinski definition) is 7. The van der Waals surface area contributed by atoms with E-state index in [2.05, 4.69) is 4.72 Å². The standard InChI is InChI=1S/C24H21NO6S2/c26-12-14-31-13-11-25-33(29,30)18-8-5-16(6-9-18)32-17-7-10-21-22(15-17)24(28)20-4-2-1-3-19(20)23(21)27/h1-10,15,25-26H,11-14H2.